The van der Waals surface area contributed by atoms with Crippen molar-refractivity contribution in [3.05, 3.63) is 23.2 Å². The zero-order chi connectivity index (χ0) is 16.8. The first-order valence-electron chi connectivity index (χ1n) is 8.16. The summed E-state index contributed by atoms with van der Waals surface area (Å²) < 4.78 is 10.2. The van der Waals surface area contributed by atoms with Gasteiger partial charge >= 0.3 is 5.97 Å². The van der Waals surface area contributed by atoms with Crippen LogP contribution >= 0.6 is 0 Å². The Balaban J connectivity index is 1.81. The molecule has 1 atom stereocenters. The molecule has 1 aliphatic rings. The number of carbonyl (C=O) groups excluding carboxylic acids is 2. The van der Waals surface area contributed by atoms with Crippen LogP contribution in [0.1, 0.15) is 48.1 Å². The van der Waals surface area contributed by atoms with Crippen molar-refractivity contribution in [3.63, 3.8) is 0 Å². The zero-order valence-electron chi connectivity index (χ0n) is 14.1. The Morgan fingerprint density at radius 3 is 2.78 bits per heavy atom. The molecule has 128 valence electrons. The Kier molecular flexibility index (Phi) is 6.21. The lowest BCUT2D eigenvalue weighted by Crippen LogP contribution is -2.33. The highest BCUT2D eigenvalue weighted by atomic mass is 16.5. The third-order valence-electron chi connectivity index (χ3n) is 4.53. The highest BCUT2D eigenvalue weighted by Crippen LogP contribution is 2.24. The molecule has 0 spiro atoms. The Morgan fingerprint density at radius 1 is 1.43 bits per heavy atom. The van der Waals surface area contributed by atoms with Gasteiger partial charge in [-0.2, -0.15) is 0 Å². The number of furan rings is 1. The molecule has 2 heterocycles. The van der Waals surface area contributed by atoms with E-state index in [1.165, 1.54) is 7.11 Å². The van der Waals surface area contributed by atoms with E-state index < -0.39 is 5.97 Å². The number of rotatable bonds is 6. The normalized spacial score (nSPS) is 16.8. The molecule has 2 N–H and O–H groups in total. The van der Waals surface area contributed by atoms with E-state index in [1.807, 2.05) is 0 Å². The van der Waals surface area contributed by atoms with Gasteiger partial charge in [-0.05, 0) is 50.8 Å². The van der Waals surface area contributed by atoms with Crippen molar-refractivity contribution < 1.29 is 18.7 Å². The van der Waals surface area contributed by atoms with Crippen LogP contribution in [0.3, 0.4) is 0 Å². The minimum atomic E-state index is -0.427. The molecule has 1 fully saturated rings. The highest BCUT2D eigenvalue weighted by Gasteiger charge is 2.22. The number of nitrogens with one attached hydrogen (secondary N) is 2. The average molecular weight is 322 g/mol. The van der Waals surface area contributed by atoms with Gasteiger partial charge in [-0.3, -0.25) is 4.79 Å². The maximum atomic E-state index is 12.1. The molecule has 0 bridgehead atoms. The molecule has 1 aromatic heterocycles. The summed E-state index contributed by atoms with van der Waals surface area (Å²) in [6.07, 6.45) is 2.79. The molecule has 6 nitrogen and oxygen atoms in total. The van der Waals surface area contributed by atoms with Crippen LogP contribution in [0.5, 0.6) is 0 Å². The number of carbonyl (C=O) groups is 2. The maximum Gasteiger partial charge on any atom is 0.341 e. The van der Waals surface area contributed by atoms with E-state index in [9.17, 15) is 9.59 Å². The van der Waals surface area contributed by atoms with Crippen LogP contribution in [-0.2, 0) is 16.1 Å². The summed E-state index contributed by atoms with van der Waals surface area (Å²) in [7, 11) is 1.33. The van der Waals surface area contributed by atoms with Crippen LogP contribution in [0.25, 0.3) is 0 Å². The second kappa shape index (κ2) is 8.15. The van der Waals surface area contributed by atoms with Crippen molar-refractivity contribution in [3.8, 4) is 0 Å². The minimum Gasteiger partial charge on any atom is -0.465 e. The second-order valence-electron chi connectivity index (χ2n) is 6.22. The molecule has 1 aromatic rings. The summed E-state index contributed by atoms with van der Waals surface area (Å²) in [6, 6.07) is 1.62. The van der Waals surface area contributed by atoms with Crippen molar-refractivity contribution in [2.45, 2.75) is 39.7 Å². The molecular weight excluding hydrogens is 296 g/mol. The molecule has 23 heavy (non-hydrogen) atoms. The molecule has 2 rings (SSSR count). The molecule has 1 unspecified atom stereocenters. The predicted octanol–water partition coefficient (Wildman–Crippen LogP) is 2.02. The van der Waals surface area contributed by atoms with Crippen LogP contribution in [0.4, 0.5) is 0 Å². The summed E-state index contributed by atoms with van der Waals surface area (Å²) in [5, 5.41) is 6.21. The lowest BCUT2D eigenvalue weighted by atomic mass is 9.84. The zero-order valence-corrected chi connectivity index (χ0v) is 14.1. The molecule has 0 radical (unpaired) electrons. The predicted molar refractivity (Wildman–Crippen MR) is 86.0 cm³/mol. The van der Waals surface area contributed by atoms with Crippen LogP contribution in [0, 0.1) is 18.8 Å². The van der Waals surface area contributed by atoms with Gasteiger partial charge < -0.3 is 19.8 Å². The van der Waals surface area contributed by atoms with Gasteiger partial charge in [0.25, 0.3) is 0 Å². The fraction of sp³-hybridized carbons (Fsp3) is 0.647. The summed E-state index contributed by atoms with van der Waals surface area (Å²) >= 11 is 0. The smallest absolute Gasteiger partial charge is 0.341 e. The lowest BCUT2D eigenvalue weighted by molar-refractivity contribution is -0.122. The first kappa shape index (κ1) is 17.5. The first-order valence-corrected chi connectivity index (χ1v) is 8.16. The van der Waals surface area contributed by atoms with E-state index in [0.717, 1.165) is 25.9 Å². The van der Waals surface area contributed by atoms with E-state index in [-0.39, 0.29) is 12.5 Å². The van der Waals surface area contributed by atoms with Gasteiger partial charge in [0.05, 0.1) is 13.7 Å². The van der Waals surface area contributed by atoms with Crippen LogP contribution in [-0.4, -0.2) is 32.1 Å². The van der Waals surface area contributed by atoms with E-state index in [2.05, 4.69) is 22.3 Å². The second-order valence-corrected chi connectivity index (χ2v) is 6.22. The Bertz CT molecular complexity index is 547. The van der Waals surface area contributed by atoms with Crippen molar-refractivity contribution in [1.82, 2.24) is 10.6 Å². The number of methoxy groups -OCH3 is 1. The van der Waals surface area contributed by atoms with Gasteiger partial charge in [-0.15, -0.1) is 0 Å². The van der Waals surface area contributed by atoms with Gasteiger partial charge in [-0.1, -0.05) is 6.92 Å². The number of hydrogen-bond acceptors (Lipinski definition) is 5. The molecule has 0 aromatic carbocycles. The monoisotopic (exact) mass is 322 g/mol. The van der Waals surface area contributed by atoms with Crippen LogP contribution in [0.15, 0.2) is 10.5 Å². The molecule has 1 saturated heterocycles. The molecule has 1 aliphatic heterocycles. The number of aryl methyl sites for hydroxylation is 1. The number of hydrogen-bond donors (Lipinski definition) is 2. The summed E-state index contributed by atoms with van der Waals surface area (Å²) in [5.41, 5.74) is 0.403. The van der Waals surface area contributed by atoms with Gasteiger partial charge in [0.1, 0.15) is 17.1 Å². The summed E-state index contributed by atoms with van der Waals surface area (Å²) in [4.78, 5) is 23.6. The number of esters is 1. The van der Waals surface area contributed by atoms with Gasteiger partial charge in [-0.25, -0.2) is 4.79 Å². The largest absolute Gasteiger partial charge is 0.465 e. The number of ether oxygens (including phenoxy) is 1. The minimum absolute atomic E-state index is 0.0182. The molecule has 0 aliphatic carbocycles. The fourth-order valence-electron chi connectivity index (χ4n) is 3.07. The van der Waals surface area contributed by atoms with E-state index in [0.29, 0.717) is 35.3 Å². The third-order valence-corrected chi connectivity index (χ3v) is 4.53. The molecule has 1 amide bonds. The Hall–Kier alpha value is -1.82. The summed E-state index contributed by atoms with van der Waals surface area (Å²) in [5.74, 6) is 1.64. The highest BCUT2D eigenvalue weighted by molar-refractivity contribution is 5.90. The quantitative estimate of drug-likeness (QED) is 0.783. The SMILES string of the molecule is COC(=O)c1cc(CNC(=O)CC(C)C2CCNCC2)oc1C. The maximum absolute atomic E-state index is 12.1. The average Bonchev–Trinajstić information content (AvgIpc) is 2.94. The van der Waals surface area contributed by atoms with Crippen molar-refractivity contribution in [1.29, 1.82) is 0 Å². The molecular formula is C17H26N2O4. The number of piperidine rings is 1. The molecule has 0 saturated carbocycles. The topological polar surface area (TPSA) is 80.6 Å². The van der Waals surface area contributed by atoms with E-state index >= 15 is 0 Å². The van der Waals surface area contributed by atoms with E-state index in [4.69, 9.17) is 4.42 Å². The third kappa shape index (κ3) is 4.82. The summed E-state index contributed by atoms with van der Waals surface area (Å²) in [6.45, 7) is 6.21. The van der Waals surface area contributed by atoms with Crippen LogP contribution < -0.4 is 10.6 Å². The Labute approximate surface area is 137 Å². The van der Waals surface area contributed by atoms with Crippen molar-refractivity contribution in [2.75, 3.05) is 20.2 Å². The lowest BCUT2D eigenvalue weighted by Gasteiger charge is -2.27. The van der Waals surface area contributed by atoms with Crippen molar-refractivity contribution >= 4 is 11.9 Å². The standard InChI is InChI=1S/C17H26N2O4/c1-11(13-4-6-18-7-5-13)8-16(20)19-10-14-9-15(12(2)23-14)17(21)22-3/h9,11,13,18H,4-8,10H2,1-3H3,(H,19,20). The van der Waals surface area contributed by atoms with Crippen LogP contribution in [0.2, 0.25) is 0 Å². The fourth-order valence-corrected chi connectivity index (χ4v) is 3.07. The van der Waals surface area contributed by atoms with Gasteiger partial charge in [0.15, 0.2) is 0 Å². The van der Waals surface area contributed by atoms with Gasteiger partial charge in [0.2, 0.25) is 5.91 Å². The van der Waals surface area contributed by atoms with Gasteiger partial charge in [0, 0.05) is 6.42 Å². The Morgan fingerprint density at radius 2 is 2.13 bits per heavy atom. The number of amides is 1. The first-order chi connectivity index (χ1) is 11.0. The molecule has 6 heteroatoms. The van der Waals surface area contributed by atoms with Crippen molar-refractivity contribution in [2.24, 2.45) is 11.8 Å². The van der Waals surface area contributed by atoms with E-state index in [1.54, 1.807) is 13.0 Å².